The average molecular weight is 411 g/mol. The molecule has 25 heavy (non-hydrogen) atoms. The number of alkyl halides is 3. The number of hydrogen-bond acceptors (Lipinski definition) is 7. The molecule has 11 heteroatoms. The first kappa shape index (κ1) is 18.4. The lowest BCUT2D eigenvalue weighted by Gasteiger charge is -2.45. The normalized spacial score (nSPS) is 30.2. The van der Waals surface area contributed by atoms with E-state index in [0.29, 0.717) is 24.7 Å². The lowest BCUT2D eigenvalue weighted by Crippen LogP contribution is -2.69. The Morgan fingerprint density at radius 3 is 3.04 bits per heavy atom. The molecule has 0 aromatic heterocycles. The smallest absolute Gasteiger partial charge is 0.414 e. The van der Waals surface area contributed by atoms with Crippen molar-refractivity contribution >= 4 is 46.9 Å². The summed E-state index contributed by atoms with van der Waals surface area (Å²) in [6.07, 6.45) is 3.60. The van der Waals surface area contributed by atoms with Gasteiger partial charge in [-0.15, -0.1) is 0 Å². The topological polar surface area (TPSA) is 98.2 Å². The van der Waals surface area contributed by atoms with Gasteiger partial charge in [-0.05, 0) is 12.5 Å². The number of amides is 1. The third-order valence-electron chi connectivity index (χ3n) is 4.20. The van der Waals surface area contributed by atoms with Gasteiger partial charge < -0.3 is 25.4 Å². The molecule has 3 atom stereocenters. The lowest BCUT2D eigenvalue weighted by molar-refractivity contribution is 0.140. The first-order valence-electron chi connectivity index (χ1n) is 7.63. The summed E-state index contributed by atoms with van der Waals surface area (Å²) in [5, 5.41) is 18.5. The van der Waals surface area contributed by atoms with Gasteiger partial charge in [-0.1, -0.05) is 47.5 Å². The van der Waals surface area contributed by atoms with E-state index in [9.17, 15) is 9.90 Å². The Kier molecular flexibility index (Phi) is 4.98. The van der Waals surface area contributed by atoms with E-state index in [2.05, 4.69) is 27.5 Å². The van der Waals surface area contributed by atoms with E-state index >= 15 is 0 Å². The summed E-state index contributed by atoms with van der Waals surface area (Å²) in [5.41, 5.74) is -0.615. The van der Waals surface area contributed by atoms with E-state index in [1.807, 2.05) is 17.1 Å². The Labute approximate surface area is 159 Å². The van der Waals surface area contributed by atoms with Gasteiger partial charge in [0.05, 0.1) is 17.9 Å². The van der Waals surface area contributed by atoms with E-state index in [0.717, 1.165) is 0 Å². The largest absolute Gasteiger partial charge is 0.445 e. The summed E-state index contributed by atoms with van der Waals surface area (Å²) in [5.74, 6) is 0.970. The number of carbonyl (C=O) groups excluding carboxylic acids is 1. The fourth-order valence-electron chi connectivity index (χ4n) is 3.30. The van der Waals surface area contributed by atoms with Crippen LogP contribution in [0.2, 0.25) is 0 Å². The Bertz CT molecular complexity index is 636. The third kappa shape index (κ3) is 3.62. The number of nitrogens with one attached hydrogen (secondary N) is 3. The third-order valence-corrected chi connectivity index (χ3v) is 4.52. The first-order chi connectivity index (χ1) is 11.7. The number of hydrogen-bond donors (Lipinski definition) is 4. The SMILES string of the molecule is C=C1N[C@H]2[C@H](CCO)N=C(NC(=O)OCC(Cl)(Cl)Cl)N3CC=CC23N1. The Hall–Kier alpha value is -1.35. The van der Waals surface area contributed by atoms with E-state index < -0.39 is 15.5 Å². The molecule has 3 heterocycles. The monoisotopic (exact) mass is 409 g/mol. The van der Waals surface area contributed by atoms with Gasteiger partial charge in [-0.2, -0.15) is 0 Å². The molecule has 0 bridgehead atoms. The highest BCUT2D eigenvalue weighted by atomic mass is 35.6. The minimum atomic E-state index is -1.69. The van der Waals surface area contributed by atoms with Crippen LogP contribution < -0.4 is 16.0 Å². The molecule has 138 valence electrons. The zero-order chi connectivity index (χ0) is 18.2. The van der Waals surface area contributed by atoms with Crippen LogP contribution in [0.4, 0.5) is 4.79 Å². The van der Waals surface area contributed by atoms with E-state index in [1.54, 1.807) is 0 Å². The lowest BCUT2D eigenvalue weighted by atomic mass is 9.91. The van der Waals surface area contributed by atoms with Gasteiger partial charge in [0.15, 0.2) is 5.66 Å². The number of halogens is 3. The fraction of sp³-hybridized carbons (Fsp3) is 0.571. The Morgan fingerprint density at radius 1 is 1.60 bits per heavy atom. The average Bonchev–Trinajstić information content (AvgIpc) is 3.07. The van der Waals surface area contributed by atoms with Crippen LogP contribution in [0.1, 0.15) is 6.42 Å². The van der Waals surface area contributed by atoms with Gasteiger partial charge in [-0.25, -0.2) is 9.79 Å². The molecule has 3 rings (SSSR count). The highest BCUT2D eigenvalue weighted by Crippen LogP contribution is 2.36. The summed E-state index contributed by atoms with van der Waals surface area (Å²) < 4.78 is 3.21. The number of aliphatic imine (C=N–C) groups is 1. The zero-order valence-corrected chi connectivity index (χ0v) is 15.4. The maximum absolute atomic E-state index is 12.0. The van der Waals surface area contributed by atoms with Crippen LogP contribution in [-0.2, 0) is 4.74 Å². The molecule has 0 aromatic rings. The van der Waals surface area contributed by atoms with E-state index in [1.165, 1.54) is 0 Å². The number of aliphatic hydroxyl groups excluding tert-OH is 1. The Balaban J connectivity index is 1.80. The molecule has 1 fully saturated rings. The van der Waals surface area contributed by atoms with E-state index in [-0.39, 0.29) is 25.3 Å². The number of nitrogens with zero attached hydrogens (tertiary/aromatic N) is 2. The summed E-state index contributed by atoms with van der Waals surface area (Å²) in [6.45, 7) is 4.03. The molecule has 0 radical (unpaired) electrons. The highest BCUT2D eigenvalue weighted by molar-refractivity contribution is 6.67. The van der Waals surface area contributed by atoms with Gasteiger partial charge in [0, 0.05) is 13.2 Å². The fourth-order valence-corrected chi connectivity index (χ4v) is 3.47. The quantitative estimate of drug-likeness (QED) is 0.406. The second kappa shape index (κ2) is 6.75. The van der Waals surface area contributed by atoms with Gasteiger partial charge in [0.2, 0.25) is 9.75 Å². The Morgan fingerprint density at radius 2 is 2.36 bits per heavy atom. The van der Waals surface area contributed by atoms with Crippen molar-refractivity contribution in [3.05, 3.63) is 24.6 Å². The van der Waals surface area contributed by atoms with Crippen molar-refractivity contribution in [1.82, 2.24) is 20.9 Å². The molecule has 1 unspecified atom stereocenters. The summed E-state index contributed by atoms with van der Waals surface area (Å²) >= 11 is 16.7. The van der Waals surface area contributed by atoms with Crippen molar-refractivity contribution in [3.63, 3.8) is 0 Å². The van der Waals surface area contributed by atoms with Gasteiger partial charge in [0.1, 0.15) is 6.61 Å². The van der Waals surface area contributed by atoms with Crippen LogP contribution in [0.3, 0.4) is 0 Å². The predicted molar refractivity (Wildman–Crippen MR) is 95.5 cm³/mol. The van der Waals surface area contributed by atoms with Crippen LogP contribution >= 0.6 is 34.8 Å². The standard InChI is InChI=1S/C14H18Cl3N5O3/c1-8-18-10-9(3-6-23)19-11(20-12(24)25-7-14(15,16)17)22-5-2-4-13(10,22)21-8/h2,4,9-10,18,21,23H,1,3,5-7H2,(H,19,20,24)/t9-,10-,13?/m0/s1. The molecule has 1 amide bonds. The number of alkyl carbamates (subject to hydrolysis) is 1. The van der Waals surface area contributed by atoms with Crippen molar-refractivity contribution < 1.29 is 14.6 Å². The van der Waals surface area contributed by atoms with Crippen LogP contribution in [-0.4, -0.2) is 63.4 Å². The van der Waals surface area contributed by atoms with Gasteiger partial charge in [0.25, 0.3) is 0 Å². The number of ether oxygens (including phenoxy) is 1. The van der Waals surface area contributed by atoms with Gasteiger partial charge >= 0.3 is 6.09 Å². The molecule has 8 nitrogen and oxygen atoms in total. The molecule has 0 aliphatic carbocycles. The predicted octanol–water partition coefficient (Wildman–Crippen LogP) is 0.804. The number of guanidine groups is 1. The van der Waals surface area contributed by atoms with Crippen molar-refractivity contribution in [2.24, 2.45) is 4.99 Å². The molecule has 4 N–H and O–H groups in total. The summed E-state index contributed by atoms with van der Waals surface area (Å²) in [6, 6.07) is -0.409. The zero-order valence-electron chi connectivity index (χ0n) is 13.1. The number of carbonyl (C=O) groups is 1. The van der Waals surface area contributed by atoms with Crippen LogP contribution in [0.15, 0.2) is 29.5 Å². The molecule has 1 saturated heterocycles. The number of rotatable bonds is 3. The van der Waals surface area contributed by atoms with Crippen LogP contribution in [0.5, 0.6) is 0 Å². The molecule has 3 aliphatic rings. The number of aliphatic hydroxyl groups is 1. The highest BCUT2D eigenvalue weighted by Gasteiger charge is 2.56. The minimum Gasteiger partial charge on any atom is -0.445 e. The van der Waals surface area contributed by atoms with Crippen molar-refractivity contribution in [1.29, 1.82) is 0 Å². The molecule has 0 aromatic carbocycles. The first-order valence-corrected chi connectivity index (χ1v) is 8.77. The molecular weight excluding hydrogens is 393 g/mol. The van der Waals surface area contributed by atoms with Crippen molar-refractivity contribution in [2.45, 2.75) is 28.0 Å². The summed E-state index contributed by atoms with van der Waals surface area (Å²) in [4.78, 5) is 18.5. The second-order valence-electron chi connectivity index (χ2n) is 5.91. The maximum atomic E-state index is 12.0. The minimum absolute atomic E-state index is 0.0381. The molecule has 3 aliphatic heterocycles. The van der Waals surface area contributed by atoms with Crippen LogP contribution in [0.25, 0.3) is 0 Å². The van der Waals surface area contributed by atoms with Crippen molar-refractivity contribution in [2.75, 3.05) is 19.8 Å². The maximum Gasteiger partial charge on any atom is 0.414 e. The molecular formula is C14H18Cl3N5O3. The second-order valence-corrected chi connectivity index (χ2v) is 8.43. The summed E-state index contributed by atoms with van der Waals surface area (Å²) in [7, 11) is 0. The van der Waals surface area contributed by atoms with Crippen molar-refractivity contribution in [3.8, 4) is 0 Å². The van der Waals surface area contributed by atoms with Crippen LogP contribution in [0, 0.1) is 0 Å². The van der Waals surface area contributed by atoms with E-state index in [4.69, 9.17) is 39.5 Å². The molecule has 0 saturated carbocycles. The molecule has 1 spiro atoms. The van der Waals surface area contributed by atoms with Gasteiger partial charge in [-0.3, -0.25) is 5.32 Å².